The fraction of sp³-hybridized carbons (Fsp3) is 0.118. The van der Waals surface area contributed by atoms with Crippen LogP contribution in [0, 0.1) is 12.3 Å². The van der Waals surface area contributed by atoms with Gasteiger partial charge in [-0.1, -0.05) is 45.7 Å². The summed E-state index contributed by atoms with van der Waals surface area (Å²) in [5, 5.41) is 3.46. The summed E-state index contributed by atoms with van der Waals surface area (Å²) in [5.41, 5.74) is 2.02. The molecule has 1 N–H and O–H groups in total. The second-order valence-electron chi connectivity index (χ2n) is 4.78. The SMILES string of the molecule is C#CCNC(=O)CSc1ncnc2cc(-c3ccc(Br)cc3)sc12. The number of halogens is 1. The summed E-state index contributed by atoms with van der Waals surface area (Å²) in [6.45, 7) is 0.241. The maximum absolute atomic E-state index is 11.7. The molecular formula is C17H12BrN3OS2. The van der Waals surface area contributed by atoms with Crippen molar-refractivity contribution in [1.82, 2.24) is 15.3 Å². The molecule has 2 aromatic heterocycles. The Kier molecular flexibility index (Phi) is 5.51. The Bertz CT molecular complexity index is 916. The average Bonchev–Trinajstić information content (AvgIpc) is 3.03. The van der Waals surface area contributed by atoms with E-state index in [9.17, 15) is 4.79 Å². The molecule has 0 unspecified atom stereocenters. The van der Waals surface area contributed by atoms with Crippen molar-refractivity contribution in [3.8, 4) is 22.8 Å². The van der Waals surface area contributed by atoms with Gasteiger partial charge in [-0.2, -0.15) is 0 Å². The van der Waals surface area contributed by atoms with Gasteiger partial charge in [-0.3, -0.25) is 4.79 Å². The second kappa shape index (κ2) is 7.79. The highest BCUT2D eigenvalue weighted by molar-refractivity contribution is 9.10. The first-order chi connectivity index (χ1) is 11.7. The van der Waals surface area contributed by atoms with Crippen LogP contribution < -0.4 is 5.32 Å². The number of carbonyl (C=O) groups excluding carboxylic acids is 1. The van der Waals surface area contributed by atoms with Crippen LogP contribution in [0.3, 0.4) is 0 Å². The van der Waals surface area contributed by atoms with Crippen LogP contribution >= 0.6 is 39.0 Å². The lowest BCUT2D eigenvalue weighted by atomic mass is 10.2. The second-order valence-corrected chi connectivity index (χ2v) is 7.71. The monoisotopic (exact) mass is 417 g/mol. The van der Waals surface area contributed by atoms with Crippen molar-refractivity contribution in [2.75, 3.05) is 12.3 Å². The third-order valence-corrected chi connectivity index (χ3v) is 5.96. The fourth-order valence-corrected chi connectivity index (χ4v) is 4.32. The minimum atomic E-state index is -0.102. The van der Waals surface area contributed by atoms with Crippen LogP contribution in [0.25, 0.3) is 20.7 Å². The smallest absolute Gasteiger partial charge is 0.231 e. The van der Waals surface area contributed by atoms with Gasteiger partial charge in [0.15, 0.2) is 0 Å². The number of thiophene rings is 1. The molecule has 4 nitrogen and oxygen atoms in total. The van der Waals surface area contributed by atoms with Gasteiger partial charge in [0.2, 0.25) is 5.91 Å². The molecule has 0 radical (unpaired) electrons. The van der Waals surface area contributed by atoms with Crippen LogP contribution in [-0.4, -0.2) is 28.2 Å². The van der Waals surface area contributed by atoms with Gasteiger partial charge in [-0.15, -0.1) is 17.8 Å². The molecule has 0 spiro atoms. The number of carbonyl (C=O) groups is 1. The molecule has 1 amide bonds. The number of aromatic nitrogens is 2. The fourth-order valence-electron chi connectivity index (χ4n) is 2.03. The Balaban J connectivity index is 1.83. The largest absolute Gasteiger partial charge is 0.344 e. The molecule has 120 valence electrons. The predicted octanol–water partition coefficient (Wildman–Crippen LogP) is 3.96. The molecule has 7 heteroatoms. The van der Waals surface area contributed by atoms with E-state index in [1.54, 1.807) is 11.3 Å². The summed E-state index contributed by atoms with van der Waals surface area (Å²) in [5.74, 6) is 2.56. The van der Waals surface area contributed by atoms with E-state index in [2.05, 4.69) is 49.3 Å². The highest BCUT2D eigenvalue weighted by atomic mass is 79.9. The quantitative estimate of drug-likeness (QED) is 0.387. The lowest BCUT2D eigenvalue weighted by Crippen LogP contribution is -2.25. The number of thioether (sulfide) groups is 1. The Hall–Kier alpha value is -1.88. The van der Waals surface area contributed by atoms with Gasteiger partial charge in [0.1, 0.15) is 11.4 Å². The van der Waals surface area contributed by atoms with Crippen molar-refractivity contribution in [2.45, 2.75) is 5.03 Å². The van der Waals surface area contributed by atoms with E-state index in [4.69, 9.17) is 6.42 Å². The van der Waals surface area contributed by atoms with Crippen LogP contribution in [0.2, 0.25) is 0 Å². The van der Waals surface area contributed by atoms with E-state index in [1.807, 2.05) is 18.2 Å². The van der Waals surface area contributed by atoms with E-state index >= 15 is 0 Å². The third kappa shape index (κ3) is 3.96. The number of benzene rings is 1. The van der Waals surface area contributed by atoms with Gasteiger partial charge < -0.3 is 5.32 Å². The maximum Gasteiger partial charge on any atom is 0.231 e. The molecule has 0 bridgehead atoms. The Morgan fingerprint density at radius 1 is 1.33 bits per heavy atom. The minimum absolute atomic E-state index is 0.102. The zero-order valence-corrected chi connectivity index (χ0v) is 15.7. The lowest BCUT2D eigenvalue weighted by molar-refractivity contribution is -0.118. The van der Waals surface area contributed by atoms with Crippen molar-refractivity contribution in [3.63, 3.8) is 0 Å². The summed E-state index contributed by atoms with van der Waals surface area (Å²) < 4.78 is 2.03. The maximum atomic E-state index is 11.7. The predicted molar refractivity (Wildman–Crippen MR) is 103 cm³/mol. The molecular weight excluding hydrogens is 406 g/mol. The third-order valence-electron chi connectivity index (χ3n) is 3.13. The normalized spacial score (nSPS) is 10.5. The first-order valence-electron chi connectivity index (χ1n) is 7.01. The molecule has 2 heterocycles. The number of rotatable bonds is 5. The van der Waals surface area contributed by atoms with Gasteiger partial charge in [-0.25, -0.2) is 9.97 Å². The number of nitrogens with one attached hydrogen (secondary N) is 1. The standard InChI is InChI=1S/C17H12BrN3OS2/c1-2-7-19-15(22)9-23-17-16-13(20-10-21-17)8-14(24-16)11-3-5-12(18)6-4-11/h1,3-6,8,10H,7,9H2,(H,19,22). The van der Waals surface area contributed by atoms with Gasteiger partial charge in [0.05, 0.1) is 22.5 Å². The van der Waals surface area contributed by atoms with E-state index in [1.165, 1.54) is 18.1 Å². The molecule has 1 aromatic carbocycles. The molecule has 0 atom stereocenters. The molecule has 0 aliphatic carbocycles. The highest BCUT2D eigenvalue weighted by Gasteiger charge is 2.12. The van der Waals surface area contributed by atoms with Crippen molar-refractivity contribution in [3.05, 3.63) is 41.1 Å². The van der Waals surface area contributed by atoms with Crippen LogP contribution in [0.4, 0.5) is 0 Å². The number of terminal acetylenes is 1. The van der Waals surface area contributed by atoms with Crippen molar-refractivity contribution >= 4 is 55.2 Å². The molecule has 0 fully saturated rings. The van der Waals surface area contributed by atoms with Crippen molar-refractivity contribution in [2.24, 2.45) is 0 Å². The van der Waals surface area contributed by atoms with E-state index < -0.39 is 0 Å². The molecule has 0 saturated carbocycles. The Morgan fingerprint density at radius 3 is 2.88 bits per heavy atom. The Morgan fingerprint density at radius 2 is 2.12 bits per heavy atom. The van der Waals surface area contributed by atoms with Gasteiger partial charge in [0.25, 0.3) is 0 Å². The lowest BCUT2D eigenvalue weighted by Gasteiger charge is -2.02. The van der Waals surface area contributed by atoms with E-state index in [0.717, 1.165) is 30.2 Å². The average molecular weight is 418 g/mol. The van der Waals surface area contributed by atoms with Crippen molar-refractivity contribution < 1.29 is 4.79 Å². The molecule has 3 aromatic rings. The summed E-state index contributed by atoms with van der Waals surface area (Å²) >= 11 is 6.46. The van der Waals surface area contributed by atoms with Gasteiger partial charge in [0, 0.05) is 9.35 Å². The number of nitrogens with zero attached hydrogens (tertiary/aromatic N) is 2. The number of hydrogen-bond acceptors (Lipinski definition) is 5. The van der Waals surface area contributed by atoms with Crippen LogP contribution in [0.15, 0.2) is 46.2 Å². The summed E-state index contributed by atoms with van der Waals surface area (Å²) in [6, 6.07) is 10.2. The number of amides is 1. The van der Waals surface area contributed by atoms with E-state index in [0.29, 0.717) is 0 Å². The van der Waals surface area contributed by atoms with Crippen molar-refractivity contribution in [1.29, 1.82) is 0 Å². The topological polar surface area (TPSA) is 54.9 Å². The first-order valence-corrected chi connectivity index (χ1v) is 9.60. The number of fused-ring (bicyclic) bond motifs is 1. The molecule has 3 rings (SSSR count). The van der Waals surface area contributed by atoms with E-state index in [-0.39, 0.29) is 18.2 Å². The van der Waals surface area contributed by atoms with Gasteiger partial charge in [-0.05, 0) is 23.8 Å². The van der Waals surface area contributed by atoms with Crippen LogP contribution in [-0.2, 0) is 4.79 Å². The van der Waals surface area contributed by atoms with Gasteiger partial charge >= 0.3 is 0 Å². The first kappa shape index (κ1) is 17.0. The number of hydrogen-bond donors (Lipinski definition) is 1. The molecule has 0 aliphatic heterocycles. The van der Waals surface area contributed by atoms with Crippen LogP contribution in [0.1, 0.15) is 0 Å². The minimum Gasteiger partial charge on any atom is -0.344 e. The highest BCUT2D eigenvalue weighted by Crippen LogP contribution is 2.37. The Labute approximate surface area is 156 Å². The zero-order valence-electron chi connectivity index (χ0n) is 12.5. The summed E-state index contributed by atoms with van der Waals surface area (Å²) in [7, 11) is 0. The zero-order chi connectivity index (χ0) is 16.9. The molecule has 0 saturated heterocycles. The molecule has 0 aliphatic rings. The van der Waals surface area contributed by atoms with Crippen LogP contribution in [0.5, 0.6) is 0 Å². The molecule has 24 heavy (non-hydrogen) atoms. The summed E-state index contributed by atoms with van der Waals surface area (Å²) in [4.78, 5) is 21.5. The summed E-state index contributed by atoms with van der Waals surface area (Å²) in [6.07, 6.45) is 6.66.